The number of amides is 3. The summed E-state index contributed by atoms with van der Waals surface area (Å²) in [7, 11) is 0. The zero-order valence-electron chi connectivity index (χ0n) is 15.8. The van der Waals surface area contributed by atoms with Crippen LogP contribution in [0.3, 0.4) is 0 Å². The number of hydrogen-bond acceptors (Lipinski definition) is 3. The maximum absolute atomic E-state index is 13.0. The van der Waals surface area contributed by atoms with Gasteiger partial charge in [-0.3, -0.25) is 14.5 Å². The first kappa shape index (κ1) is 19.4. The van der Waals surface area contributed by atoms with Crippen LogP contribution in [0.1, 0.15) is 41.2 Å². The Morgan fingerprint density at radius 1 is 1.22 bits per heavy atom. The molecule has 1 atom stereocenters. The van der Waals surface area contributed by atoms with Crippen LogP contribution in [-0.2, 0) is 16.9 Å². The number of carbonyl (C=O) groups excluding carboxylic acids is 3. The number of aryl methyl sites for hydroxylation is 1. The van der Waals surface area contributed by atoms with Gasteiger partial charge < -0.3 is 9.88 Å². The van der Waals surface area contributed by atoms with Gasteiger partial charge >= 0.3 is 6.03 Å². The second kappa shape index (κ2) is 6.96. The van der Waals surface area contributed by atoms with E-state index in [9.17, 15) is 14.4 Å². The fraction of sp³-hybridized carbons (Fsp3) is 0.350. The molecule has 3 amide bonds. The van der Waals surface area contributed by atoms with Crippen LogP contribution in [-0.4, -0.2) is 33.7 Å². The third-order valence-electron chi connectivity index (χ3n) is 5.17. The number of nitrogens with one attached hydrogen (secondary N) is 1. The van der Waals surface area contributed by atoms with Crippen LogP contribution in [0.5, 0.6) is 0 Å². The highest BCUT2D eigenvalue weighted by Crippen LogP contribution is 2.30. The Bertz CT molecular complexity index is 950. The summed E-state index contributed by atoms with van der Waals surface area (Å²) in [5.74, 6) is -0.673. The lowest BCUT2D eigenvalue weighted by Gasteiger charge is -2.22. The third kappa shape index (κ3) is 3.20. The Morgan fingerprint density at radius 2 is 1.93 bits per heavy atom. The first-order valence-corrected chi connectivity index (χ1v) is 9.58. The molecule has 1 saturated heterocycles. The van der Waals surface area contributed by atoms with Gasteiger partial charge in [0.15, 0.2) is 5.78 Å². The SMILES string of the molecule is CCn1c(C)cc(C(=O)CN2C(=O)NC(C)(c3cccc(Br)c3)C2=O)c1C. The highest BCUT2D eigenvalue weighted by molar-refractivity contribution is 9.10. The molecule has 1 unspecified atom stereocenters. The molecule has 1 aliphatic heterocycles. The van der Waals surface area contributed by atoms with Crippen LogP contribution in [0.2, 0.25) is 0 Å². The normalized spacial score (nSPS) is 19.5. The number of aromatic nitrogens is 1. The fourth-order valence-electron chi connectivity index (χ4n) is 3.63. The van der Waals surface area contributed by atoms with Crippen LogP contribution in [0.4, 0.5) is 4.79 Å². The molecule has 1 fully saturated rings. The van der Waals surface area contributed by atoms with Gasteiger partial charge in [-0.1, -0.05) is 28.1 Å². The van der Waals surface area contributed by atoms with Crippen molar-refractivity contribution in [2.75, 3.05) is 6.54 Å². The van der Waals surface area contributed by atoms with Crippen LogP contribution in [0.25, 0.3) is 0 Å². The van der Waals surface area contributed by atoms with E-state index in [-0.39, 0.29) is 12.3 Å². The highest BCUT2D eigenvalue weighted by Gasteiger charge is 2.49. The lowest BCUT2D eigenvalue weighted by molar-refractivity contribution is -0.130. The molecule has 1 aliphatic rings. The molecule has 0 radical (unpaired) electrons. The zero-order valence-corrected chi connectivity index (χ0v) is 17.4. The van der Waals surface area contributed by atoms with E-state index < -0.39 is 17.5 Å². The predicted octanol–water partition coefficient (Wildman–Crippen LogP) is 3.54. The first-order valence-electron chi connectivity index (χ1n) is 8.79. The third-order valence-corrected chi connectivity index (χ3v) is 5.66. The molecular weight excluding hydrogens is 410 g/mol. The zero-order chi connectivity index (χ0) is 19.9. The second-order valence-corrected chi connectivity index (χ2v) is 7.82. The molecular formula is C20H22BrN3O3. The quantitative estimate of drug-likeness (QED) is 0.581. The van der Waals surface area contributed by atoms with Gasteiger partial charge in [0.05, 0.1) is 6.54 Å². The average Bonchev–Trinajstić information content (AvgIpc) is 3.03. The highest BCUT2D eigenvalue weighted by atomic mass is 79.9. The Hall–Kier alpha value is -2.41. The summed E-state index contributed by atoms with van der Waals surface area (Å²) in [4.78, 5) is 39.3. The van der Waals surface area contributed by atoms with Crippen LogP contribution < -0.4 is 5.32 Å². The van der Waals surface area contributed by atoms with Crippen molar-refractivity contribution < 1.29 is 14.4 Å². The van der Waals surface area contributed by atoms with Gasteiger partial charge in [-0.2, -0.15) is 0 Å². The minimum absolute atomic E-state index is 0.246. The molecule has 142 valence electrons. The van der Waals surface area contributed by atoms with Crippen LogP contribution in [0.15, 0.2) is 34.8 Å². The van der Waals surface area contributed by atoms with Crippen molar-refractivity contribution >= 4 is 33.7 Å². The number of hydrogen-bond donors (Lipinski definition) is 1. The molecule has 1 aromatic carbocycles. The van der Waals surface area contributed by atoms with E-state index in [4.69, 9.17) is 0 Å². The number of nitrogens with zero attached hydrogens (tertiary/aromatic N) is 2. The number of rotatable bonds is 5. The van der Waals surface area contributed by atoms with Gasteiger partial charge in [-0.25, -0.2) is 4.79 Å². The molecule has 0 saturated carbocycles. The minimum Gasteiger partial charge on any atom is -0.349 e. The van der Waals surface area contributed by atoms with E-state index >= 15 is 0 Å². The van der Waals surface area contributed by atoms with Gasteiger partial charge in [-0.15, -0.1) is 0 Å². The van der Waals surface area contributed by atoms with E-state index in [0.717, 1.165) is 27.3 Å². The second-order valence-electron chi connectivity index (χ2n) is 6.91. The molecule has 1 aromatic heterocycles. The van der Waals surface area contributed by atoms with E-state index in [1.165, 1.54) is 0 Å². The number of Topliss-reactive ketones (excluding diaryl/α,β-unsaturated/α-hetero) is 1. The number of benzene rings is 1. The molecule has 2 aromatic rings. The van der Waals surface area contributed by atoms with Crippen molar-refractivity contribution in [3.63, 3.8) is 0 Å². The average molecular weight is 432 g/mol. The largest absolute Gasteiger partial charge is 0.349 e. The van der Waals surface area contributed by atoms with E-state index in [2.05, 4.69) is 21.2 Å². The van der Waals surface area contributed by atoms with Crippen molar-refractivity contribution in [1.82, 2.24) is 14.8 Å². The maximum atomic E-state index is 13.0. The molecule has 7 heteroatoms. The maximum Gasteiger partial charge on any atom is 0.325 e. The van der Waals surface area contributed by atoms with Crippen molar-refractivity contribution in [2.24, 2.45) is 0 Å². The summed E-state index contributed by atoms with van der Waals surface area (Å²) in [5, 5.41) is 2.73. The topological polar surface area (TPSA) is 71.4 Å². The van der Waals surface area contributed by atoms with Gasteiger partial charge in [0.1, 0.15) is 5.54 Å². The predicted molar refractivity (Wildman–Crippen MR) is 106 cm³/mol. The lowest BCUT2D eigenvalue weighted by atomic mass is 9.92. The smallest absolute Gasteiger partial charge is 0.325 e. The summed E-state index contributed by atoms with van der Waals surface area (Å²) >= 11 is 3.38. The summed E-state index contributed by atoms with van der Waals surface area (Å²) in [6, 6.07) is 8.48. The lowest BCUT2D eigenvalue weighted by Crippen LogP contribution is -2.41. The number of carbonyl (C=O) groups is 3. The first-order chi connectivity index (χ1) is 12.7. The van der Waals surface area contributed by atoms with Gasteiger partial charge in [0.2, 0.25) is 0 Å². The number of urea groups is 1. The Morgan fingerprint density at radius 3 is 2.52 bits per heavy atom. The Kier molecular flexibility index (Phi) is 4.99. The van der Waals surface area contributed by atoms with Gasteiger partial charge in [-0.05, 0) is 51.5 Å². The summed E-state index contributed by atoms with van der Waals surface area (Å²) < 4.78 is 2.84. The molecule has 3 rings (SSSR count). The Balaban J connectivity index is 1.87. The molecule has 0 aliphatic carbocycles. The van der Waals surface area contributed by atoms with Crippen molar-refractivity contribution in [3.8, 4) is 0 Å². The number of halogens is 1. The standard InChI is InChI=1S/C20H22BrN3O3/c1-5-23-12(2)9-16(13(23)3)17(25)11-24-18(26)20(4,22-19(24)27)14-7-6-8-15(21)10-14/h6-10H,5,11H2,1-4H3,(H,22,27). The van der Waals surface area contributed by atoms with Gasteiger partial charge in [0.25, 0.3) is 5.91 Å². The number of imide groups is 1. The monoisotopic (exact) mass is 431 g/mol. The molecule has 0 bridgehead atoms. The molecule has 1 N–H and O–H groups in total. The molecule has 27 heavy (non-hydrogen) atoms. The van der Waals surface area contributed by atoms with Crippen molar-refractivity contribution in [1.29, 1.82) is 0 Å². The van der Waals surface area contributed by atoms with Crippen molar-refractivity contribution in [2.45, 2.75) is 39.8 Å². The van der Waals surface area contributed by atoms with E-state index in [0.29, 0.717) is 11.1 Å². The molecule has 2 heterocycles. The van der Waals surface area contributed by atoms with Crippen LogP contribution >= 0.6 is 15.9 Å². The molecule has 0 spiro atoms. The Labute approximate surface area is 166 Å². The van der Waals surface area contributed by atoms with Crippen molar-refractivity contribution in [3.05, 3.63) is 57.3 Å². The summed E-state index contributed by atoms with van der Waals surface area (Å²) in [6.45, 7) is 7.96. The fourth-order valence-corrected chi connectivity index (χ4v) is 4.03. The van der Waals surface area contributed by atoms with Crippen LogP contribution in [0, 0.1) is 13.8 Å². The molecule has 6 nitrogen and oxygen atoms in total. The summed E-state index contributed by atoms with van der Waals surface area (Å²) in [6.07, 6.45) is 0. The number of ketones is 1. The van der Waals surface area contributed by atoms with Gasteiger partial charge in [0, 0.05) is 28.0 Å². The van der Waals surface area contributed by atoms with E-state index in [1.54, 1.807) is 25.1 Å². The summed E-state index contributed by atoms with van der Waals surface area (Å²) in [5.41, 5.74) is 1.85. The van der Waals surface area contributed by atoms with E-state index in [1.807, 2.05) is 37.5 Å². The minimum atomic E-state index is -1.19.